The van der Waals surface area contributed by atoms with Crippen molar-refractivity contribution in [3.8, 4) is 0 Å². The van der Waals surface area contributed by atoms with Crippen LogP contribution in [0.15, 0.2) is 12.2 Å². The molecule has 78 valence electrons. The summed E-state index contributed by atoms with van der Waals surface area (Å²) >= 11 is 0. The minimum absolute atomic E-state index is 0.117. The van der Waals surface area contributed by atoms with Crippen molar-refractivity contribution in [3.05, 3.63) is 12.2 Å². The van der Waals surface area contributed by atoms with Gasteiger partial charge >= 0.3 is 11.9 Å². The monoisotopic (exact) mass is 198 g/mol. The van der Waals surface area contributed by atoms with Crippen LogP contribution in [0.2, 0.25) is 0 Å². The third kappa shape index (κ3) is 1.78. The summed E-state index contributed by atoms with van der Waals surface area (Å²) < 4.78 is 9.97. The predicted octanol–water partition coefficient (Wildman–Crippen LogP) is 1.06. The van der Waals surface area contributed by atoms with Crippen molar-refractivity contribution in [1.82, 2.24) is 0 Å². The molecule has 2 atom stereocenters. The molecule has 0 N–H and O–H groups in total. The quantitative estimate of drug-likeness (QED) is 0.491. The summed E-state index contributed by atoms with van der Waals surface area (Å²) in [5, 5.41) is 0. The van der Waals surface area contributed by atoms with Crippen LogP contribution in [0.5, 0.6) is 0 Å². The zero-order valence-corrected chi connectivity index (χ0v) is 8.62. The lowest BCUT2D eigenvalue weighted by Gasteiger charge is -2.25. The smallest absolute Gasteiger partial charge is 0.333 e. The second kappa shape index (κ2) is 3.44. The van der Waals surface area contributed by atoms with Gasteiger partial charge in [-0.05, 0) is 20.8 Å². The summed E-state index contributed by atoms with van der Waals surface area (Å²) in [6, 6.07) is 0. The topological polar surface area (TPSA) is 52.6 Å². The SMILES string of the molecule is C=C(C)C(=O)OC1(C)COC(=O)C1C. The highest BCUT2D eigenvalue weighted by Gasteiger charge is 2.47. The summed E-state index contributed by atoms with van der Waals surface area (Å²) in [4.78, 5) is 22.4. The van der Waals surface area contributed by atoms with Crippen LogP contribution in [-0.4, -0.2) is 24.1 Å². The molecular formula is C10H14O4. The molecule has 1 fully saturated rings. The molecule has 4 heteroatoms. The van der Waals surface area contributed by atoms with Crippen LogP contribution in [-0.2, 0) is 19.1 Å². The van der Waals surface area contributed by atoms with Crippen LogP contribution in [0.25, 0.3) is 0 Å². The lowest BCUT2D eigenvalue weighted by atomic mass is 9.94. The predicted molar refractivity (Wildman–Crippen MR) is 49.4 cm³/mol. The maximum atomic E-state index is 11.3. The first kappa shape index (κ1) is 10.8. The van der Waals surface area contributed by atoms with Crippen LogP contribution in [0.1, 0.15) is 20.8 Å². The van der Waals surface area contributed by atoms with Crippen molar-refractivity contribution in [2.24, 2.45) is 5.92 Å². The lowest BCUT2D eigenvalue weighted by molar-refractivity contribution is -0.155. The van der Waals surface area contributed by atoms with E-state index in [0.717, 1.165) is 0 Å². The Morgan fingerprint density at radius 1 is 1.71 bits per heavy atom. The minimum atomic E-state index is -0.854. The van der Waals surface area contributed by atoms with Gasteiger partial charge in [0.25, 0.3) is 0 Å². The third-order valence-corrected chi connectivity index (χ3v) is 2.44. The molecular weight excluding hydrogens is 184 g/mol. The van der Waals surface area contributed by atoms with E-state index in [9.17, 15) is 9.59 Å². The Bertz CT molecular complexity index is 294. The van der Waals surface area contributed by atoms with Crippen LogP contribution >= 0.6 is 0 Å². The van der Waals surface area contributed by atoms with E-state index < -0.39 is 17.5 Å². The van der Waals surface area contributed by atoms with Crippen molar-refractivity contribution in [2.45, 2.75) is 26.4 Å². The first-order chi connectivity index (χ1) is 6.37. The van der Waals surface area contributed by atoms with E-state index in [1.165, 1.54) is 0 Å². The number of ether oxygens (including phenoxy) is 2. The van der Waals surface area contributed by atoms with Gasteiger partial charge in [0.05, 0.1) is 5.92 Å². The van der Waals surface area contributed by atoms with Gasteiger partial charge in [-0.1, -0.05) is 6.58 Å². The van der Waals surface area contributed by atoms with Gasteiger partial charge in [-0.3, -0.25) is 4.79 Å². The van der Waals surface area contributed by atoms with E-state index in [2.05, 4.69) is 6.58 Å². The van der Waals surface area contributed by atoms with Gasteiger partial charge < -0.3 is 9.47 Å². The molecule has 0 saturated carbocycles. The number of carbonyl (C=O) groups is 2. The Balaban J connectivity index is 2.73. The van der Waals surface area contributed by atoms with Gasteiger partial charge in [-0.15, -0.1) is 0 Å². The molecule has 1 heterocycles. The first-order valence-electron chi connectivity index (χ1n) is 4.42. The zero-order chi connectivity index (χ0) is 10.9. The molecule has 0 amide bonds. The third-order valence-electron chi connectivity index (χ3n) is 2.44. The van der Waals surface area contributed by atoms with Crippen LogP contribution in [0, 0.1) is 5.92 Å². The summed E-state index contributed by atoms with van der Waals surface area (Å²) in [6.07, 6.45) is 0. The fourth-order valence-electron chi connectivity index (χ4n) is 1.13. The average molecular weight is 198 g/mol. The fraction of sp³-hybridized carbons (Fsp3) is 0.600. The van der Waals surface area contributed by atoms with E-state index in [1.54, 1.807) is 20.8 Å². The van der Waals surface area contributed by atoms with Crippen molar-refractivity contribution in [2.75, 3.05) is 6.61 Å². The molecule has 0 bridgehead atoms. The van der Waals surface area contributed by atoms with E-state index in [1.807, 2.05) is 0 Å². The van der Waals surface area contributed by atoms with E-state index in [4.69, 9.17) is 9.47 Å². The van der Waals surface area contributed by atoms with E-state index in [-0.39, 0.29) is 12.6 Å². The molecule has 4 nitrogen and oxygen atoms in total. The molecule has 0 radical (unpaired) electrons. The highest BCUT2D eigenvalue weighted by atomic mass is 16.6. The summed E-state index contributed by atoms with van der Waals surface area (Å²) in [7, 11) is 0. The zero-order valence-electron chi connectivity index (χ0n) is 8.62. The number of cyclic esters (lactones) is 1. The van der Waals surface area contributed by atoms with Crippen molar-refractivity contribution < 1.29 is 19.1 Å². The van der Waals surface area contributed by atoms with Gasteiger partial charge in [0, 0.05) is 5.57 Å². The second-order valence-corrected chi connectivity index (χ2v) is 3.81. The van der Waals surface area contributed by atoms with Crippen molar-refractivity contribution in [1.29, 1.82) is 0 Å². The fourth-order valence-corrected chi connectivity index (χ4v) is 1.13. The molecule has 14 heavy (non-hydrogen) atoms. The standard InChI is InChI=1S/C10H14O4/c1-6(2)8(11)14-10(4)5-13-9(12)7(10)3/h7H,1,5H2,2-4H3. The summed E-state index contributed by atoms with van der Waals surface area (Å²) in [5.41, 5.74) is -0.537. The first-order valence-corrected chi connectivity index (χ1v) is 4.42. The molecule has 1 saturated heterocycles. The molecule has 1 rings (SSSR count). The number of esters is 2. The molecule has 1 aliphatic rings. The molecule has 0 aromatic carbocycles. The van der Waals surface area contributed by atoms with Gasteiger partial charge in [0.15, 0.2) is 5.60 Å². The van der Waals surface area contributed by atoms with E-state index >= 15 is 0 Å². The normalized spacial score (nSPS) is 31.1. The molecule has 0 spiro atoms. The molecule has 2 unspecified atom stereocenters. The molecule has 0 aliphatic carbocycles. The maximum Gasteiger partial charge on any atom is 0.333 e. The Hall–Kier alpha value is -1.32. The van der Waals surface area contributed by atoms with Gasteiger partial charge in [0.2, 0.25) is 0 Å². The van der Waals surface area contributed by atoms with E-state index in [0.29, 0.717) is 5.57 Å². The average Bonchev–Trinajstić information content (AvgIpc) is 2.34. The maximum absolute atomic E-state index is 11.3. The van der Waals surface area contributed by atoms with Crippen LogP contribution in [0.3, 0.4) is 0 Å². The Morgan fingerprint density at radius 2 is 2.29 bits per heavy atom. The van der Waals surface area contributed by atoms with Crippen molar-refractivity contribution >= 4 is 11.9 Å². The van der Waals surface area contributed by atoms with Gasteiger partial charge in [0.1, 0.15) is 6.61 Å². The van der Waals surface area contributed by atoms with Crippen LogP contribution in [0.4, 0.5) is 0 Å². The molecule has 1 aliphatic heterocycles. The van der Waals surface area contributed by atoms with Gasteiger partial charge in [-0.25, -0.2) is 4.79 Å². The summed E-state index contributed by atoms with van der Waals surface area (Å²) in [5.74, 6) is -1.24. The number of rotatable bonds is 2. The van der Waals surface area contributed by atoms with Crippen molar-refractivity contribution in [3.63, 3.8) is 0 Å². The Labute approximate surface area is 82.9 Å². The highest BCUT2D eigenvalue weighted by molar-refractivity contribution is 5.88. The van der Waals surface area contributed by atoms with Crippen LogP contribution < -0.4 is 0 Å². The lowest BCUT2D eigenvalue weighted by Crippen LogP contribution is -2.38. The van der Waals surface area contributed by atoms with Gasteiger partial charge in [-0.2, -0.15) is 0 Å². The second-order valence-electron chi connectivity index (χ2n) is 3.81. The number of hydrogen-bond donors (Lipinski definition) is 0. The summed E-state index contributed by atoms with van der Waals surface area (Å²) in [6.45, 7) is 8.52. The number of carbonyl (C=O) groups excluding carboxylic acids is 2. The minimum Gasteiger partial charge on any atom is -0.461 e. The number of hydrogen-bond acceptors (Lipinski definition) is 4. The Kier molecular flexibility index (Phi) is 2.64. The highest BCUT2D eigenvalue weighted by Crippen LogP contribution is 2.30. The molecule has 0 aromatic rings. The Morgan fingerprint density at radius 3 is 2.64 bits per heavy atom. The molecule has 0 aromatic heterocycles. The largest absolute Gasteiger partial charge is 0.461 e.